The zero-order valence-corrected chi connectivity index (χ0v) is 18.4. The number of aliphatic hydroxyl groups excluding tert-OH is 1. The molecular weight excluding hydrogens is 411 g/mol. The Labute approximate surface area is 181 Å². The van der Waals surface area contributed by atoms with E-state index in [9.17, 15) is 5.11 Å². The number of aliphatic hydroxyl groups is 1. The van der Waals surface area contributed by atoms with E-state index >= 15 is 0 Å². The molecule has 0 radical (unpaired) electrons. The number of halogens is 2. The van der Waals surface area contributed by atoms with Gasteiger partial charge in [0.2, 0.25) is 0 Å². The summed E-state index contributed by atoms with van der Waals surface area (Å²) in [7, 11) is 0. The lowest BCUT2D eigenvalue weighted by atomic mass is 9.89. The van der Waals surface area contributed by atoms with Gasteiger partial charge in [-0.15, -0.1) is 0 Å². The summed E-state index contributed by atoms with van der Waals surface area (Å²) in [5, 5.41) is 15.4. The van der Waals surface area contributed by atoms with Crippen LogP contribution in [0.2, 0.25) is 10.0 Å². The Hall–Kier alpha value is -0.620. The average molecular weight is 439 g/mol. The Morgan fingerprint density at radius 2 is 1.89 bits per heavy atom. The van der Waals surface area contributed by atoms with Crippen molar-refractivity contribution in [2.75, 3.05) is 39.3 Å². The minimum atomic E-state index is 0.338. The van der Waals surface area contributed by atoms with Crippen molar-refractivity contribution in [2.45, 2.75) is 25.3 Å². The number of rotatable bonds is 6. The van der Waals surface area contributed by atoms with E-state index in [4.69, 9.17) is 23.2 Å². The molecule has 2 aliphatic heterocycles. The van der Waals surface area contributed by atoms with Gasteiger partial charge in [0, 0.05) is 48.7 Å². The van der Waals surface area contributed by atoms with Crippen LogP contribution in [0.1, 0.15) is 29.9 Å². The highest BCUT2D eigenvalue weighted by molar-refractivity contribution is 7.08. The quantitative estimate of drug-likeness (QED) is 0.688. The lowest BCUT2D eigenvalue weighted by Crippen LogP contribution is -2.39. The van der Waals surface area contributed by atoms with E-state index in [2.05, 4.69) is 32.7 Å². The van der Waals surface area contributed by atoms with Crippen LogP contribution in [0.25, 0.3) is 0 Å². The molecule has 3 nitrogen and oxygen atoms in total. The third-order valence-electron chi connectivity index (χ3n) is 6.36. The summed E-state index contributed by atoms with van der Waals surface area (Å²) in [6.45, 7) is 6.75. The molecule has 2 saturated heterocycles. The van der Waals surface area contributed by atoms with Gasteiger partial charge in [-0.25, -0.2) is 0 Å². The van der Waals surface area contributed by atoms with Gasteiger partial charge in [0.25, 0.3) is 0 Å². The SMILES string of the molecule is OCC1CCN(CC2CN(Cc3ccc(Cl)cc3Cl)CC2c2ccsc2)CC1. The van der Waals surface area contributed by atoms with Crippen molar-refractivity contribution in [1.82, 2.24) is 9.80 Å². The summed E-state index contributed by atoms with van der Waals surface area (Å²) in [6.07, 6.45) is 2.24. The van der Waals surface area contributed by atoms with Gasteiger partial charge in [-0.1, -0.05) is 29.3 Å². The van der Waals surface area contributed by atoms with E-state index in [-0.39, 0.29) is 0 Å². The molecule has 0 bridgehead atoms. The zero-order valence-electron chi connectivity index (χ0n) is 16.1. The predicted molar refractivity (Wildman–Crippen MR) is 119 cm³/mol. The summed E-state index contributed by atoms with van der Waals surface area (Å²) in [5.41, 5.74) is 2.63. The third kappa shape index (κ3) is 4.92. The second kappa shape index (κ2) is 9.46. The molecule has 1 aromatic carbocycles. The maximum atomic E-state index is 9.40. The highest BCUT2D eigenvalue weighted by Gasteiger charge is 2.35. The van der Waals surface area contributed by atoms with E-state index in [0.717, 1.165) is 62.7 Å². The molecule has 2 aliphatic rings. The lowest BCUT2D eigenvalue weighted by molar-refractivity contribution is 0.118. The molecule has 0 aliphatic carbocycles. The molecule has 6 heteroatoms. The Morgan fingerprint density at radius 3 is 2.57 bits per heavy atom. The molecule has 0 spiro atoms. The molecule has 2 fully saturated rings. The van der Waals surface area contributed by atoms with Crippen LogP contribution in [0.5, 0.6) is 0 Å². The van der Waals surface area contributed by atoms with Crippen LogP contribution < -0.4 is 0 Å². The molecule has 2 atom stereocenters. The van der Waals surface area contributed by atoms with Gasteiger partial charge in [0.15, 0.2) is 0 Å². The molecule has 28 heavy (non-hydrogen) atoms. The Kier molecular flexibility index (Phi) is 6.98. The Balaban J connectivity index is 1.43. The number of hydrogen-bond acceptors (Lipinski definition) is 4. The number of thiophene rings is 1. The van der Waals surface area contributed by atoms with E-state index in [1.807, 2.05) is 12.1 Å². The summed E-state index contributed by atoms with van der Waals surface area (Å²) in [6, 6.07) is 8.11. The second-order valence-corrected chi connectivity index (χ2v) is 9.90. The first-order chi connectivity index (χ1) is 13.6. The van der Waals surface area contributed by atoms with E-state index < -0.39 is 0 Å². The number of benzene rings is 1. The van der Waals surface area contributed by atoms with Crippen LogP contribution in [-0.2, 0) is 6.54 Å². The molecule has 2 aromatic rings. The topological polar surface area (TPSA) is 26.7 Å². The van der Waals surface area contributed by atoms with Gasteiger partial charge in [-0.3, -0.25) is 4.90 Å². The van der Waals surface area contributed by atoms with E-state index in [1.54, 1.807) is 11.3 Å². The van der Waals surface area contributed by atoms with Gasteiger partial charge in [0.1, 0.15) is 0 Å². The van der Waals surface area contributed by atoms with Crippen molar-refractivity contribution in [3.8, 4) is 0 Å². The maximum absolute atomic E-state index is 9.40. The van der Waals surface area contributed by atoms with Crippen molar-refractivity contribution >= 4 is 34.5 Å². The van der Waals surface area contributed by atoms with Crippen LogP contribution in [0.15, 0.2) is 35.0 Å². The van der Waals surface area contributed by atoms with Crippen molar-refractivity contribution in [1.29, 1.82) is 0 Å². The number of hydrogen-bond donors (Lipinski definition) is 1. The first-order valence-electron chi connectivity index (χ1n) is 10.1. The molecule has 4 rings (SSSR count). The molecule has 2 unspecified atom stereocenters. The van der Waals surface area contributed by atoms with Gasteiger partial charge < -0.3 is 10.0 Å². The normalized spacial score (nSPS) is 24.8. The van der Waals surface area contributed by atoms with Crippen LogP contribution in [-0.4, -0.2) is 54.2 Å². The van der Waals surface area contributed by atoms with E-state index in [1.165, 1.54) is 5.56 Å². The fraction of sp³-hybridized carbons (Fsp3) is 0.545. The van der Waals surface area contributed by atoms with Crippen molar-refractivity contribution < 1.29 is 5.11 Å². The summed E-state index contributed by atoms with van der Waals surface area (Å²) < 4.78 is 0. The van der Waals surface area contributed by atoms with Gasteiger partial charge in [0.05, 0.1) is 0 Å². The minimum Gasteiger partial charge on any atom is -0.396 e. The monoisotopic (exact) mass is 438 g/mol. The van der Waals surface area contributed by atoms with Crippen molar-refractivity contribution in [3.05, 3.63) is 56.2 Å². The maximum Gasteiger partial charge on any atom is 0.0465 e. The fourth-order valence-electron chi connectivity index (χ4n) is 4.71. The zero-order chi connectivity index (χ0) is 19.5. The van der Waals surface area contributed by atoms with Crippen molar-refractivity contribution in [2.24, 2.45) is 11.8 Å². The van der Waals surface area contributed by atoms with Crippen LogP contribution in [0, 0.1) is 11.8 Å². The first-order valence-corrected chi connectivity index (χ1v) is 11.8. The van der Waals surface area contributed by atoms with Gasteiger partial charge in [-0.2, -0.15) is 11.3 Å². The Morgan fingerprint density at radius 1 is 1.07 bits per heavy atom. The van der Waals surface area contributed by atoms with E-state index in [0.29, 0.717) is 29.4 Å². The molecule has 3 heterocycles. The van der Waals surface area contributed by atoms with Gasteiger partial charge in [-0.05, 0) is 77.9 Å². The highest BCUT2D eigenvalue weighted by Crippen LogP contribution is 2.36. The summed E-state index contributed by atoms with van der Waals surface area (Å²) in [4.78, 5) is 5.15. The fourth-order valence-corrected chi connectivity index (χ4v) is 5.91. The predicted octanol–water partition coefficient (Wildman–Crippen LogP) is 4.97. The highest BCUT2D eigenvalue weighted by atomic mass is 35.5. The average Bonchev–Trinajstić information content (AvgIpc) is 3.34. The molecule has 1 aromatic heterocycles. The van der Waals surface area contributed by atoms with Crippen molar-refractivity contribution in [3.63, 3.8) is 0 Å². The standard InChI is InChI=1S/C22H28Cl2N2OS/c23-20-2-1-17(22(24)9-20)10-26-12-19(21(13-26)18-5-8-28-15-18)11-25-6-3-16(14-27)4-7-25/h1-2,5,8-9,15-16,19,21,27H,3-4,6-7,10-14H2. The molecule has 1 N–H and O–H groups in total. The van der Waals surface area contributed by atoms with Gasteiger partial charge >= 0.3 is 0 Å². The van der Waals surface area contributed by atoms with Crippen LogP contribution in [0.4, 0.5) is 0 Å². The minimum absolute atomic E-state index is 0.338. The lowest BCUT2D eigenvalue weighted by Gasteiger charge is -2.34. The molecule has 152 valence electrons. The molecule has 0 saturated carbocycles. The Bertz CT molecular complexity index is 762. The number of likely N-dealkylation sites (tertiary alicyclic amines) is 2. The molecule has 0 amide bonds. The summed E-state index contributed by atoms with van der Waals surface area (Å²) >= 11 is 14.3. The number of nitrogens with zero attached hydrogens (tertiary/aromatic N) is 2. The first kappa shape index (κ1) is 20.6. The second-order valence-electron chi connectivity index (χ2n) is 8.28. The molecular formula is C22H28Cl2N2OS. The van der Waals surface area contributed by atoms with Crippen LogP contribution >= 0.6 is 34.5 Å². The number of piperidine rings is 1. The van der Waals surface area contributed by atoms with Crippen LogP contribution in [0.3, 0.4) is 0 Å². The smallest absolute Gasteiger partial charge is 0.0465 e. The largest absolute Gasteiger partial charge is 0.396 e. The third-order valence-corrected chi connectivity index (χ3v) is 7.64. The summed E-state index contributed by atoms with van der Waals surface area (Å²) in [5.74, 6) is 1.70.